The first-order chi connectivity index (χ1) is 24.8. The number of hydrogen-bond donors (Lipinski definition) is 2. The number of ether oxygens (including phenoxy) is 2. The summed E-state index contributed by atoms with van der Waals surface area (Å²) in [6.07, 6.45) is 28.2. The van der Waals surface area contributed by atoms with Crippen LogP contribution < -0.4 is 10.6 Å². The number of unbranched alkanes of at least 4 members (excludes halogenated alkanes) is 14. The van der Waals surface area contributed by atoms with E-state index < -0.39 is 4.92 Å². The molecule has 0 heterocycles. The van der Waals surface area contributed by atoms with Crippen LogP contribution in [0.25, 0.3) is 0 Å². The van der Waals surface area contributed by atoms with Crippen molar-refractivity contribution in [2.45, 2.75) is 207 Å². The topological polar surface area (TPSA) is 123 Å². The van der Waals surface area contributed by atoms with E-state index in [0.29, 0.717) is 25.2 Å². The van der Waals surface area contributed by atoms with Gasteiger partial charge in [0.1, 0.15) is 12.2 Å². The van der Waals surface area contributed by atoms with Crippen molar-refractivity contribution in [2.75, 3.05) is 33.2 Å². The van der Waals surface area contributed by atoms with Crippen molar-refractivity contribution in [3.05, 3.63) is 22.1 Å². The Balaban J connectivity index is 4.46. The van der Waals surface area contributed by atoms with Crippen molar-refractivity contribution in [3.63, 3.8) is 0 Å². The van der Waals surface area contributed by atoms with Gasteiger partial charge < -0.3 is 25.0 Å². The maximum atomic E-state index is 12.5. The summed E-state index contributed by atoms with van der Waals surface area (Å²) in [5, 5.41) is 16.8. The molecule has 0 aliphatic carbocycles. The van der Waals surface area contributed by atoms with Gasteiger partial charge in [-0.25, -0.2) is 0 Å². The van der Waals surface area contributed by atoms with Crippen molar-refractivity contribution >= 4 is 11.9 Å². The standard InChI is InChI=1S/C41H80N4O6/c1-6-10-13-21-28-37(9-4)50-40(46)30-22-16-14-18-24-33-44(35-26-32-43-39(42-5)36-45(48)49)34-25-19-15-17-23-31-41(47)51-38(27-12-8-3)29-20-11-7-2/h36-38,42-43H,6-35H2,1-5H3/b39-36+. The second-order valence-corrected chi connectivity index (χ2v) is 14.4. The minimum absolute atomic E-state index is 0.0277. The number of carbonyl (C=O) groups is 2. The monoisotopic (exact) mass is 725 g/mol. The number of carbonyl (C=O) groups excluding carboxylic acids is 2. The normalized spacial score (nSPS) is 12.9. The summed E-state index contributed by atoms with van der Waals surface area (Å²) in [5.74, 6) is 0.352. The highest BCUT2D eigenvalue weighted by Gasteiger charge is 2.14. The Morgan fingerprint density at radius 1 is 0.627 bits per heavy atom. The van der Waals surface area contributed by atoms with Gasteiger partial charge in [-0.3, -0.25) is 19.7 Å². The molecule has 0 radical (unpaired) electrons. The summed E-state index contributed by atoms with van der Waals surface area (Å²) in [6.45, 7) is 12.4. The van der Waals surface area contributed by atoms with Crippen molar-refractivity contribution in [1.82, 2.24) is 15.5 Å². The Morgan fingerprint density at radius 2 is 1.08 bits per heavy atom. The van der Waals surface area contributed by atoms with Crippen molar-refractivity contribution in [1.29, 1.82) is 0 Å². The fraction of sp³-hybridized carbons (Fsp3) is 0.902. The van der Waals surface area contributed by atoms with Gasteiger partial charge in [0.25, 0.3) is 6.20 Å². The number of esters is 2. The number of rotatable bonds is 38. The quantitative estimate of drug-likeness (QED) is 0.0277. The zero-order valence-electron chi connectivity index (χ0n) is 33.8. The third-order valence-electron chi connectivity index (χ3n) is 9.62. The fourth-order valence-electron chi connectivity index (χ4n) is 6.39. The van der Waals surface area contributed by atoms with Crippen molar-refractivity contribution in [3.8, 4) is 0 Å². The van der Waals surface area contributed by atoms with E-state index in [-0.39, 0.29) is 24.1 Å². The molecule has 0 aliphatic rings. The molecule has 2 N–H and O–H groups in total. The average molecular weight is 725 g/mol. The summed E-state index contributed by atoms with van der Waals surface area (Å²) in [6, 6.07) is 0. The van der Waals surface area contributed by atoms with Crippen LogP contribution in [-0.2, 0) is 19.1 Å². The molecular weight excluding hydrogens is 644 g/mol. The van der Waals surface area contributed by atoms with Crippen LogP contribution in [0.4, 0.5) is 0 Å². The van der Waals surface area contributed by atoms with Gasteiger partial charge in [-0.2, -0.15) is 0 Å². The van der Waals surface area contributed by atoms with E-state index in [1.807, 2.05) is 0 Å². The molecule has 0 amide bonds. The van der Waals surface area contributed by atoms with Crippen LogP contribution in [0.1, 0.15) is 195 Å². The number of nitrogens with zero attached hydrogens (tertiary/aromatic N) is 2. The second-order valence-electron chi connectivity index (χ2n) is 14.4. The van der Waals surface area contributed by atoms with Crippen molar-refractivity contribution < 1.29 is 24.0 Å². The smallest absolute Gasteiger partial charge is 0.306 e. The molecule has 0 spiro atoms. The number of hydrogen-bond acceptors (Lipinski definition) is 9. The van der Waals surface area contributed by atoms with Crippen LogP contribution in [0.3, 0.4) is 0 Å². The van der Waals surface area contributed by atoms with Crippen LogP contribution in [0, 0.1) is 10.1 Å². The lowest BCUT2D eigenvalue weighted by atomic mass is 10.1. The molecule has 0 saturated heterocycles. The minimum Gasteiger partial charge on any atom is -0.462 e. The van der Waals surface area contributed by atoms with Crippen LogP contribution in [0.2, 0.25) is 0 Å². The summed E-state index contributed by atoms with van der Waals surface area (Å²) in [7, 11) is 1.68. The summed E-state index contributed by atoms with van der Waals surface area (Å²) in [4.78, 5) is 37.7. The third-order valence-corrected chi connectivity index (χ3v) is 9.62. The lowest BCUT2D eigenvalue weighted by Gasteiger charge is -2.22. The predicted molar refractivity (Wildman–Crippen MR) is 211 cm³/mol. The summed E-state index contributed by atoms with van der Waals surface area (Å²) in [5.41, 5.74) is 0. The highest BCUT2D eigenvalue weighted by Crippen LogP contribution is 2.17. The summed E-state index contributed by atoms with van der Waals surface area (Å²) >= 11 is 0. The van der Waals surface area contributed by atoms with Gasteiger partial charge in [-0.05, 0) is 90.3 Å². The van der Waals surface area contributed by atoms with Gasteiger partial charge >= 0.3 is 11.9 Å². The van der Waals surface area contributed by atoms with E-state index in [1.165, 1.54) is 32.1 Å². The van der Waals surface area contributed by atoms with Gasteiger partial charge in [0, 0.05) is 26.4 Å². The van der Waals surface area contributed by atoms with Crippen LogP contribution >= 0.6 is 0 Å². The van der Waals surface area contributed by atoms with Gasteiger partial charge in [-0.15, -0.1) is 0 Å². The largest absolute Gasteiger partial charge is 0.462 e. The van der Waals surface area contributed by atoms with E-state index in [1.54, 1.807) is 7.05 Å². The zero-order valence-corrected chi connectivity index (χ0v) is 33.8. The first-order valence-corrected chi connectivity index (χ1v) is 21.2. The molecule has 0 aromatic carbocycles. The molecule has 0 fully saturated rings. The maximum Gasteiger partial charge on any atom is 0.306 e. The molecule has 300 valence electrons. The molecule has 0 rings (SSSR count). The number of nitrogens with one attached hydrogen (secondary N) is 2. The Hall–Kier alpha value is -2.36. The Bertz CT molecular complexity index is 871. The van der Waals surface area contributed by atoms with Gasteiger partial charge in [0.15, 0.2) is 5.82 Å². The van der Waals surface area contributed by atoms with Crippen LogP contribution in [-0.4, -0.2) is 67.2 Å². The molecule has 0 saturated carbocycles. The molecular formula is C41H80N4O6. The van der Waals surface area contributed by atoms with E-state index >= 15 is 0 Å². The summed E-state index contributed by atoms with van der Waals surface area (Å²) < 4.78 is 11.6. The second kappa shape index (κ2) is 36.0. The molecule has 0 aliphatic heterocycles. The molecule has 2 unspecified atom stereocenters. The molecule has 0 aromatic rings. The van der Waals surface area contributed by atoms with E-state index in [0.717, 1.165) is 148 Å². The van der Waals surface area contributed by atoms with Gasteiger partial charge in [-0.1, -0.05) is 111 Å². The van der Waals surface area contributed by atoms with E-state index in [9.17, 15) is 19.7 Å². The Morgan fingerprint density at radius 3 is 1.63 bits per heavy atom. The highest BCUT2D eigenvalue weighted by molar-refractivity contribution is 5.69. The molecule has 0 aromatic heterocycles. The van der Waals surface area contributed by atoms with Crippen LogP contribution in [0.15, 0.2) is 12.0 Å². The average Bonchev–Trinajstić information content (AvgIpc) is 3.11. The minimum atomic E-state index is -0.451. The maximum absolute atomic E-state index is 12.5. The molecule has 51 heavy (non-hydrogen) atoms. The number of nitro groups is 1. The SMILES string of the molecule is CCCCCCC(CC)OC(=O)CCCCCCCN(CCCCCCCC(=O)OC(CCCC)CCCCC)CCCN/C(=C/[N+](=O)[O-])NC. The predicted octanol–water partition coefficient (Wildman–Crippen LogP) is 10.2. The lowest BCUT2D eigenvalue weighted by Crippen LogP contribution is -2.31. The zero-order chi connectivity index (χ0) is 37.8. The first kappa shape index (κ1) is 48.6. The molecule has 10 nitrogen and oxygen atoms in total. The Kier molecular flexibility index (Phi) is 34.4. The van der Waals surface area contributed by atoms with Gasteiger partial charge in [0.05, 0.1) is 4.92 Å². The third kappa shape index (κ3) is 32.1. The lowest BCUT2D eigenvalue weighted by molar-refractivity contribution is -0.404. The molecule has 0 bridgehead atoms. The highest BCUT2D eigenvalue weighted by atomic mass is 16.6. The Labute approximate surface area is 313 Å². The van der Waals surface area contributed by atoms with Crippen molar-refractivity contribution in [2.24, 2.45) is 0 Å². The van der Waals surface area contributed by atoms with E-state index in [4.69, 9.17) is 9.47 Å². The van der Waals surface area contributed by atoms with Crippen LogP contribution in [0.5, 0.6) is 0 Å². The van der Waals surface area contributed by atoms with E-state index in [2.05, 4.69) is 43.2 Å². The first-order valence-electron chi connectivity index (χ1n) is 21.2. The molecule has 10 heteroatoms. The van der Waals surface area contributed by atoms with Gasteiger partial charge in [0.2, 0.25) is 0 Å². The molecule has 2 atom stereocenters. The fourth-order valence-corrected chi connectivity index (χ4v) is 6.39.